The number of nitrogens with two attached hydrogens (primary N) is 1. The van der Waals surface area contributed by atoms with E-state index in [0.29, 0.717) is 4.47 Å². The van der Waals surface area contributed by atoms with E-state index in [4.69, 9.17) is 10.6 Å². The van der Waals surface area contributed by atoms with Crippen LogP contribution in [0.15, 0.2) is 22.7 Å². The van der Waals surface area contributed by atoms with Gasteiger partial charge in [-0.2, -0.15) is 0 Å². The van der Waals surface area contributed by atoms with Gasteiger partial charge in [0, 0.05) is 10.5 Å². The molecule has 17 heavy (non-hydrogen) atoms. The van der Waals surface area contributed by atoms with Crippen molar-refractivity contribution in [2.75, 3.05) is 6.61 Å². The Bertz CT molecular complexity index is 438. The lowest BCUT2D eigenvalue weighted by Crippen LogP contribution is -2.31. The number of ether oxygens (including phenoxy) is 1. The van der Waals surface area contributed by atoms with E-state index >= 15 is 0 Å². The van der Waals surface area contributed by atoms with Crippen LogP contribution in [0.25, 0.3) is 0 Å². The highest BCUT2D eigenvalue weighted by Crippen LogP contribution is 2.30. The lowest BCUT2D eigenvalue weighted by atomic mass is 10.3. The highest BCUT2D eigenvalue weighted by Gasteiger charge is 2.15. The molecule has 0 aliphatic heterocycles. The van der Waals surface area contributed by atoms with E-state index in [1.165, 1.54) is 12.1 Å². The van der Waals surface area contributed by atoms with Gasteiger partial charge in [-0.3, -0.25) is 20.3 Å². The second-order valence-corrected chi connectivity index (χ2v) is 3.95. The molecule has 0 aliphatic carbocycles. The second kappa shape index (κ2) is 6.16. The van der Waals surface area contributed by atoms with Gasteiger partial charge in [-0.25, -0.2) is 5.84 Å². The molecule has 1 aromatic rings. The Kier molecular flexibility index (Phi) is 4.85. The number of carbonyl (C=O) groups is 1. The molecule has 0 saturated heterocycles. The molecular formula is C9H10BrN3O4. The van der Waals surface area contributed by atoms with Crippen LogP contribution in [0.4, 0.5) is 5.69 Å². The van der Waals surface area contributed by atoms with E-state index in [0.717, 1.165) is 0 Å². The summed E-state index contributed by atoms with van der Waals surface area (Å²) < 4.78 is 5.73. The first-order valence-electron chi connectivity index (χ1n) is 4.60. The maximum Gasteiger partial charge on any atom is 0.312 e. The lowest BCUT2D eigenvalue weighted by Gasteiger charge is -2.06. The van der Waals surface area contributed by atoms with Crippen molar-refractivity contribution < 1.29 is 14.5 Å². The van der Waals surface area contributed by atoms with Crippen LogP contribution in [-0.4, -0.2) is 17.4 Å². The van der Waals surface area contributed by atoms with Gasteiger partial charge in [0.2, 0.25) is 5.91 Å². The number of amides is 1. The maximum absolute atomic E-state index is 10.8. The standard InChI is InChI=1S/C9H10BrN3O4/c10-6-1-2-8(7(5-6)13(15)16)17-4-3-9(14)12-11/h1-2,5H,3-4,11H2,(H,12,14). The fourth-order valence-corrected chi connectivity index (χ4v) is 1.43. The van der Waals surface area contributed by atoms with Gasteiger partial charge in [-0.05, 0) is 12.1 Å². The first kappa shape index (κ1) is 13.4. The summed E-state index contributed by atoms with van der Waals surface area (Å²) in [5, 5.41) is 10.7. The largest absolute Gasteiger partial charge is 0.486 e. The van der Waals surface area contributed by atoms with Gasteiger partial charge < -0.3 is 4.74 Å². The van der Waals surface area contributed by atoms with E-state index < -0.39 is 10.8 Å². The summed E-state index contributed by atoms with van der Waals surface area (Å²) in [5.74, 6) is 4.60. The molecule has 0 aliphatic rings. The van der Waals surface area contributed by atoms with Crippen LogP contribution in [0, 0.1) is 10.1 Å². The average molecular weight is 304 g/mol. The number of carbonyl (C=O) groups excluding carboxylic acids is 1. The number of halogens is 1. The number of hydrogen-bond acceptors (Lipinski definition) is 5. The van der Waals surface area contributed by atoms with E-state index in [2.05, 4.69) is 15.9 Å². The number of rotatable bonds is 5. The molecule has 1 amide bonds. The van der Waals surface area contributed by atoms with Gasteiger partial charge in [-0.1, -0.05) is 15.9 Å². The molecule has 0 atom stereocenters. The van der Waals surface area contributed by atoms with Gasteiger partial charge >= 0.3 is 5.69 Å². The molecule has 0 bridgehead atoms. The van der Waals surface area contributed by atoms with E-state index in [-0.39, 0.29) is 24.5 Å². The first-order chi connectivity index (χ1) is 8.04. The van der Waals surface area contributed by atoms with Gasteiger partial charge in [0.05, 0.1) is 18.0 Å². The normalized spacial score (nSPS) is 9.76. The number of nitrogens with one attached hydrogen (secondary N) is 1. The summed E-state index contributed by atoms with van der Waals surface area (Å²) in [5.41, 5.74) is 1.78. The molecular weight excluding hydrogens is 294 g/mol. The molecule has 0 radical (unpaired) electrons. The summed E-state index contributed by atoms with van der Waals surface area (Å²) in [6.45, 7) is 0.0194. The van der Waals surface area contributed by atoms with Crippen molar-refractivity contribution in [3.05, 3.63) is 32.8 Å². The number of hydrazine groups is 1. The topological polar surface area (TPSA) is 107 Å². The molecule has 1 aromatic carbocycles. The molecule has 0 unspecified atom stereocenters. The Balaban J connectivity index is 2.70. The van der Waals surface area contributed by atoms with E-state index in [9.17, 15) is 14.9 Å². The van der Waals surface area contributed by atoms with Crippen molar-refractivity contribution in [1.29, 1.82) is 0 Å². The summed E-state index contributed by atoms with van der Waals surface area (Å²) in [6.07, 6.45) is 0.0315. The third-order valence-corrected chi connectivity index (χ3v) is 2.36. The quantitative estimate of drug-likeness (QED) is 0.367. The van der Waals surface area contributed by atoms with Crippen molar-refractivity contribution in [2.24, 2.45) is 5.84 Å². The van der Waals surface area contributed by atoms with Crippen molar-refractivity contribution in [3.63, 3.8) is 0 Å². The summed E-state index contributed by atoms with van der Waals surface area (Å²) in [7, 11) is 0. The number of benzene rings is 1. The smallest absolute Gasteiger partial charge is 0.312 e. The highest BCUT2D eigenvalue weighted by atomic mass is 79.9. The molecule has 92 valence electrons. The zero-order valence-corrected chi connectivity index (χ0v) is 10.3. The number of nitro groups is 1. The molecule has 3 N–H and O–H groups in total. The van der Waals surface area contributed by atoms with Crippen LogP contribution in [0.3, 0.4) is 0 Å². The second-order valence-electron chi connectivity index (χ2n) is 3.04. The molecule has 0 spiro atoms. The van der Waals surface area contributed by atoms with Crippen molar-refractivity contribution >= 4 is 27.5 Å². The maximum atomic E-state index is 10.8. The Hall–Kier alpha value is -1.67. The summed E-state index contributed by atoms with van der Waals surface area (Å²) in [4.78, 5) is 21.0. The van der Waals surface area contributed by atoms with Gasteiger partial charge in [-0.15, -0.1) is 0 Å². The van der Waals surface area contributed by atoms with Crippen LogP contribution in [-0.2, 0) is 4.79 Å². The van der Waals surface area contributed by atoms with Gasteiger partial charge in [0.15, 0.2) is 5.75 Å². The number of nitro benzene ring substituents is 1. The van der Waals surface area contributed by atoms with E-state index in [1.54, 1.807) is 6.07 Å². The third-order valence-electron chi connectivity index (χ3n) is 1.87. The minimum Gasteiger partial charge on any atom is -0.486 e. The SMILES string of the molecule is NNC(=O)CCOc1ccc(Br)cc1[N+](=O)[O-]. The molecule has 1 rings (SSSR count). The molecule has 0 fully saturated rings. The minimum atomic E-state index is -0.552. The Morgan fingerprint density at radius 3 is 2.88 bits per heavy atom. The Labute approximate surface area is 105 Å². The molecule has 0 heterocycles. The lowest BCUT2D eigenvalue weighted by molar-refractivity contribution is -0.385. The highest BCUT2D eigenvalue weighted by molar-refractivity contribution is 9.10. The zero-order valence-electron chi connectivity index (χ0n) is 8.68. The average Bonchev–Trinajstić information content (AvgIpc) is 2.30. The number of hydrogen-bond donors (Lipinski definition) is 2. The van der Waals surface area contributed by atoms with Gasteiger partial charge in [0.1, 0.15) is 0 Å². The third kappa shape index (κ3) is 4.00. The van der Waals surface area contributed by atoms with Crippen molar-refractivity contribution in [3.8, 4) is 5.75 Å². The zero-order chi connectivity index (χ0) is 12.8. The molecule has 0 saturated carbocycles. The fourth-order valence-electron chi connectivity index (χ4n) is 1.08. The van der Waals surface area contributed by atoms with Crippen LogP contribution in [0.1, 0.15) is 6.42 Å². The van der Waals surface area contributed by atoms with Crippen LogP contribution >= 0.6 is 15.9 Å². The minimum absolute atomic E-state index is 0.0194. The molecule has 7 nitrogen and oxygen atoms in total. The number of nitrogens with zero attached hydrogens (tertiary/aromatic N) is 1. The monoisotopic (exact) mass is 303 g/mol. The van der Waals surface area contributed by atoms with Crippen molar-refractivity contribution in [2.45, 2.75) is 6.42 Å². The van der Waals surface area contributed by atoms with Crippen LogP contribution in [0.5, 0.6) is 5.75 Å². The molecule has 8 heteroatoms. The Morgan fingerprint density at radius 1 is 1.59 bits per heavy atom. The van der Waals surface area contributed by atoms with Crippen molar-refractivity contribution in [1.82, 2.24) is 5.43 Å². The summed E-state index contributed by atoms with van der Waals surface area (Å²) >= 11 is 3.13. The first-order valence-corrected chi connectivity index (χ1v) is 5.40. The Morgan fingerprint density at radius 2 is 2.29 bits per heavy atom. The van der Waals surface area contributed by atoms with E-state index in [1.807, 2.05) is 5.43 Å². The predicted octanol–water partition coefficient (Wildman–Crippen LogP) is 1.12. The fraction of sp³-hybridized carbons (Fsp3) is 0.222. The van der Waals surface area contributed by atoms with Gasteiger partial charge in [0.25, 0.3) is 0 Å². The summed E-state index contributed by atoms with van der Waals surface area (Å²) in [6, 6.07) is 4.41. The van der Waals surface area contributed by atoms with Crippen LogP contribution in [0.2, 0.25) is 0 Å². The predicted molar refractivity (Wildman–Crippen MR) is 63.2 cm³/mol. The van der Waals surface area contributed by atoms with Crippen LogP contribution < -0.4 is 16.0 Å². The molecule has 0 aromatic heterocycles.